The van der Waals surface area contributed by atoms with Crippen LogP contribution in [0.15, 0.2) is 30.5 Å². The number of nitrogens with zero attached hydrogens (tertiary/aromatic N) is 4. The Balaban J connectivity index is 1.45. The summed E-state index contributed by atoms with van der Waals surface area (Å²) in [5, 5.41) is 32.2. The van der Waals surface area contributed by atoms with Gasteiger partial charge in [-0.15, -0.1) is 5.10 Å². The number of fused-ring (bicyclic) bond motifs is 1. The number of aromatic nitrogens is 3. The summed E-state index contributed by atoms with van der Waals surface area (Å²) in [5.41, 5.74) is 1.43. The van der Waals surface area contributed by atoms with Crippen LogP contribution in [0.5, 0.6) is 0 Å². The minimum Gasteiger partial charge on any atom is -0.356 e. The molecule has 2 aliphatic rings. The third kappa shape index (κ3) is 15.0. The maximum Gasteiger partial charge on any atom is 0.246 e. The lowest BCUT2D eigenvalue weighted by molar-refractivity contribution is -0.144. The highest BCUT2D eigenvalue weighted by atomic mass is 16.2. The maximum atomic E-state index is 14.6. The van der Waals surface area contributed by atoms with Gasteiger partial charge in [0, 0.05) is 44.6 Å². The van der Waals surface area contributed by atoms with E-state index in [0.29, 0.717) is 5.69 Å². The van der Waals surface area contributed by atoms with Crippen molar-refractivity contribution in [3.63, 3.8) is 0 Å². The van der Waals surface area contributed by atoms with Crippen molar-refractivity contribution in [1.29, 1.82) is 0 Å². The number of likely N-dealkylation sites (N-methyl/N-ethyl adjacent to an activating group) is 2. The van der Waals surface area contributed by atoms with Gasteiger partial charge in [0.05, 0.1) is 29.9 Å². The third-order valence-corrected chi connectivity index (χ3v) is 13.3. The van der Waals surface area contributed by atoms with Crippen molar-refractivity contribution in [3.05, 3.63) is 47.3 Å². The first-order valence-electron chi connectivity index (χ1n) is 24.3. The molecule has 9 atom stereocenters. The second-order valence-electron chi connectivity index (χ2n) is 21.1. The fraction of sp³-hybridized carbons (Fsp3) is 0.694. The van der Waals surface area contributed by atoms with Gasteiger partial charge in [-0.3, -0.25) is 33.6 Å². The van der Waals surface area contributed by atoms with Gasteiger partial charge in [-0.05, 0) is 88.4 Å². The number of likely N-dealkylation sites (tertiary alicyclic amines) is 1. The highest BCUT2D eigenvalue weighted by Crippen LogP contribution is 2.34. The van der Waals surface area contributed by atoms with E-state index >= 15 is 0 Å². The number of amides is 7. The van der Waals surface area contributed by atoms with E-state index in [1.54, 1.807) is 43.7 Å². The van der Waals surface area contributed by atoms with E-state index in [1.165, 1.54) is 5.56 Å². The number of nitrogens with one attached hydrogen (secondary N) is 8. The standard InChI is InChI=1S/C49H80N12O7/c1-28(2)29(3)53-44(65)37(55-46(67)40(48(6,7)8)56-42(63)30(4)50-12)23-24-52-39(62)22-21-33-26-61(59-58-33)34-25-38(45(66)54-36-20-16-18-32-17-14-15-19-35(32)36)60(27-34)47(68)41(49(9,10)11)57-43(64)31(5)51-13/h14-15,17,19,26,28-31,34,36-38,40-41,50-51H,16,18,20-25,27H2,1-13H3,(H,52,62)(H,53,65)(H,54,66)(H,55,67)(H,56,63)(H,57,64)/t29-,30+,31+,34+,36-,37+,38+,40?,41-/m1/s1. The molecule has 19 heteroatoms. The molecule has 2 aromatic rings. The van der Waals surface area contributed by atoms with Crippen LogP contribution in [0.25, 0.3) is 0 Å². The SMILES string of the molecule is CN[C@@H](C)C(=O)NC(C(=O)N[C@@H](CCNC(=O)CCc1cn([C@H]2C[C@@H](C(=O)N[C@@H]3CCCc4ccccc43)N(C(=O)[C@@H](NC(=O)[C@H](C)NC)C(C)(C)C)C2)nn1)C(=O)N[C@H](C)C(C)C)C(C)(C)C. The smallest absolute Gasteiger partial charge is 0.246 e. The van der Waals surface area contributed by atoms with Crippen molar-refractivity contribution in [2.24, 2.45) is 16.7 Å². The molecule has 1 aliphatic heterocycles. The summed E-state index contributed by atoms with van der Waals surface area (Å²) in [4.78, 5) is 96.9. The molecule has 378 valence electrons. The van der Waals surface area contributed by atoms with Gasteiger partial charge in [-0.2, -0.15) is 0 Å². The monoisotopic (exact) mass is 949 g/mol. The van der Waals surface area contributed by atoms with Crippen molar-refractivity contribution >= 4 is 41.4 Å². The molecule has 1 fully saturated rings. The van der Waals surface area contributed by atoms with E-state index in [1.807, 2.05) is 80.5 Å². The summed E-state index contributed by atoms with van der Waals surface area (Å²) in [6.07, 6.45) is 4.99. The first-order chi connectivity index (χ1) is 31.9. The first kappa shape index (κ1) is 55.2. The largest absolute Gasteiger partial charge is 0.356 e. The van der Waals surface area contributed by atoms with Crippen LogP contribution in [0.4, 0.5) is 0 Å². The summed E-state index contributed by atoms with van der Waals surface area (Å²) in [6.45, 7) is 20.5. The molecule has 0 radical (unpaired) electrons. The minimum atomic E-state index is -0.999. The van der Waals surface area contributed by atoms with E-state index in [-0.39, 0.29) is 86.3 Å². The number of carbonyl (C=O) groups is 7. The minimum absolute atomic E-state index is 0.0508. The van der Waals surface area contributed by atoms with E-state index in [4.69, 9.17) is 0 Å². The number of aryl methyl sites for hydroxylation is 2. The van der Waals surface area contributed by atoms with Crippen LogP contribution in [0.2, 0.25) is 0 Å². The Kier molecular flexibility index (Phi) is 19.7. The Morgan fingerprint density at radius 2 is 1.40 bits per heavy atom. The Morgan fingerprint density at radius 3 is 2.00 bits per heavy atom. The summed E-state index contributed by atoms with van der Waals surface area (Å²) in [5.74, 6) is -2.43. The predicted molar refractivity (Wildman–Crippen MR) is 260 cm³/mol. The molecule has 1 aromatic heterocycles. The zero-order valence-corrected chi connectivity index (χ0v) is 42.7. The van der Waals surface area contributed by atoms with Crippen molar-refractivity contribution in [3.8, 4) is 0 Å². The summed E-state index contributed by atoms with van der Waals surface area (Å²) >= 11 is 0. The molecule has 19 nitrogen and oxygen atoms in total. The van der Waals surface area contributed by atoms with Gasteiger partial charge >= 0.3 is 0 Å². The van der Waals surface area contributed by atoms with Gasteiger partial charge in [0.1, 0.15) is 24.2 Å². The Labute approximate surface area is 403 Å². The molecule has 0 saturated carbocycles. The number of carbonyl (C=O) groups excluding carboxylic acids is 7. The lowest BCUT2D eigenvalue weighted by Gasteiger charge is -2.36. The predicted octanol–water partition coefficient (Wildman–Crippen LogP) is 1.98. The quantitative estimate of drug-likeness (QED) is 0.0899. The van der Waals surface area contributed by atoms with E-state index in [0.717, 1.165) is 24.8 Å². The highest BCUT2D eigenvalue weighted by Gasteiger charge is 2.46. The zero-order valence-electron chi connectivity index (χ0n) is 42.7. The Bertz CT molecular complexity index is 2080. The fourth-order valence-corrected chi connectivity index (χ4v) is 8.26. The Hall–Kier alpha value is -5.43. The molecule has 1 saturated heterocycles. The van der Waals surface area contributed by atoms with Crippen LogP contribution in [0, 0.1) is 16.7 Å². The number of benzene rings is 1. The van der Waals surface area contributed by atoms with Crippen LogP contribution in [-0.2, 0) is 46.4 Å². The van der Waals surface area contributed by atoms with Gasteiger partial charge in [-0.25, -0.2) is 4.68 Å². The number of hydrogen-bond acceptors (Lipinski definition) is 11. The normalized spacial score (nSPS) is 19.9. The second kappa shape index (κ2) is 24.2. The van der Waals surface area contributed by atoms with Gasteiger partial charge in [0.2, 0.25) is 41.4 Å². The van der Waals surface area contributed by atoms with Crippen LogP contribution >= 0.6 is 0 Å². The van der Waals surface area contributed by atoms with E-state index < -0.39 is 64.9 Å². The van der Waals surface area contributed by atoms with Gasteiger partial charge in [0.15, 0.2) is 0 Å². The lowest BCUT2D eigenvalue weighted by atomic mass is 9.85. The molecule has 0 spiro atoms. The maximum absolute atomic E-state index is 14.6. The number of hydrogen-bond donors (Lipinski definition) is 8. The van der Waals surface area contributed by atoms with Crippen molar-refractivity contribution in [2.75, 3.05) is 27.2 Å². The molecule has 1 aliphatic carbocycles. The molecule has 0 bridgehead atoms. The first-order valence-corrected chi connectivity index (χ1v) is 24.3. The average Bonchev–Trinajstić information content (AvgIpc) is 3.95. The van der Waals surface area contributed by atoms with Crippen LogP contribution in [0.1, 0.15) is 137 Å². The Morgan fingerprint density at radius 1 is 0.779 bits per heavy atom. The van der Waals surface area contributed by atoms with E-state index in [2.05, 4.69) is 58.9 Å². The molecule has 1 aromatic carbocycles. The molecule has 2 heterocycles. The van der Waals surface area contributed by atoms with Gasteiger partial charge in [-0.1, -0.05) is 84.9 Å². The van der Waals surface area contributed by atoms with Gasteiger partial charge < -0.3 is 47.4 Å². The van der Waals surface area contributed by atoms with Crippen molar-refractivity contribution in [2.45, 2.75) is 175 Å². The van der Waals surface area contributed by atoms with Crippen LogP contribution in [0.3, 0.4) is 0 Å². The molecule has 8 N–H and O–H groups in total. The van der Waals surface area contributed by atoms with Crippen LogP contribution in [-0.4, -0.2) is 131 Å². The van der Waals surface area contributed by atoms with Crippen molar-refractivity contribution in [1.82, 2.24) is 62.4 Å². The third-order valence-electron chi connectivity index (χ3n) is 13.3. The van der Waals surface area contributed by atoms with E-state index in [9.17, 15) is 33.6 Å². The molecule has 7 amide bonds. The zero-order chi connectivity index (χ0) is 50.7. The van der Waals surface area contributed by atoms with Crippen LogP contribution < -0.4 is 42.5 Å². The van der Waals surface area contributed by atoms with Gasteiger partial charge in [0.25, 0.3) is 0 Å². The molecular formula is C49H80N12O7. The highest BCUT2D eigenvalue weighted by molar-refractivity contribution is 5.95. The molecular weight excluding hydrogens is 869 g/mol. The summed E-state index contributed by atoms with van der Waals surface area (Å²) < 4.78 is 1.64. The van der Waals surface area contributed by atoms with Crippen molar-refractivity contribution < 1.29 is 33.6 Å². The molecule has 1 unspecified atom stereocenters. The lowest BCUT2D eigenvalue weighted by Crippen LogP contribution is -2.60. The number of rotatable bonds is 21. The topological polar surface area (TPSA) is 250 Å². The molecule has 68 heavy (non-hydrogen) atoms. The summed E-state index contributed by atoms with van der Waals surface area (Å²) in [6, 6.07) is 2.46. The average molecular weight is 949 g/mol. The second-order valence-corrected chi connectivity index (χ2v) is 21.1. The summed E-state index contributed by atoms with van der Waals surface area (Å²) in [7, 11) is 3.32. The fourth-order valence-electron chi connectivity index (χ4n) is 8.26. The molecule has 4 rings (SSSR count).